The molecule has 0 radical (unpaired) electrons. The Balaban J connectivity index is 2.45. The van der Waals surface area contributed by atoms with Gasteiger partial charge in [-0.3, -0.25) is 33.6 Å². The van der Waals surface area contributed by atoms with Crippen LogP contribution in [-0.4, -0.2) is 128 Å². The third-order valence-electron chi connectivity index (χ3n) is 8.70. The van der Waals surface area contributed by atoms with Gasteiger partial charge < -0.3 is 52.1 Å². The number of halogens is 1. The topological polar surface area (TPSA) is 221 Å². The lowest BCUT2D eigenvalue weighted by atomic mass is 9.96. The molecule has 0 amide bonds. The molecular formula is C38H59BrO18. The normalized spacial score (nSPS) is 27.0. The number of hydrogen-bond acceptors (Lipinski definition) is 18. The van der Waals surface area contributed by atoms with E-state index in [0.717, 1.165) is 79.5 Å². The van der Waals surface area contributed by atoms with Gasteiger partial charge in [-0.25, -0.2) is 0 Å². The second kappa shape index (κ2) is 26.6. The Morgan fingerprint density at radius 1 is 0.421 bits per heavy atom. The zero-order valence-corrected chi connectivity index (χ0v) is 35.5. The molecule has 0 aromatic rings. The number of esters is 7. The first kappa shape index (κ1) is 49.8. The highest BCUT2D eigenvalue weighted by atomic mass is 79.9. The Labute approximate surface area is 341 Å². The van der Waals surface area contributed by atoms with Crippen molar-refractivity contribution in [3.8, 4) is 0 Å². The van der Waals surface area contributed by atoms with Crippen LogP contribution in [0.1, 0.15) is 113 Å². The predicted molar refractivity (Wildman–Crippen MR) is 199 cm³/mol. The van der Waals surface area contributed by atoms with Crippen molar-refractivity contribution in [2.45, 2.75) is 174 Å². The van der Waals surface area contributed by atoms with E-state index < -0.39 is 116 Å². The van der Waals surface area contributed by atoms with Crippen LogP contribution in [-0.2, 0) is 85.7 Å². The van der Waals surface area contributed by atoms with E-state index in [4.69, 9.17) is 52.1 Å². The lowest BCUT2D eigenvalue weighted by Crippen LogP contribution is -2.67. The summed E-state index contributed by atoms with van der Waals surface area (Å²) in [7, 11) is 0. The van der Waals surface area contributed by atoms with Crippen LogP contribution in [0.3, 0.4) is 0 Å². The molecule has 10 atom stereocenters. The van der Waals surface area contributed by atoms with Gasteiger partial charge in [-0.05, 0) is 12.8 Å². The summed E-state index contributed by atoms with van der Waals surface area (Å²) < 4.78 is 63.0. The van der Waals surface area contributed by atoms with Crippen LogP contribution >= 0.6 is 15.9 Å². The molecule has 2 saturated heterocycles. The number of carbonyl (C=O) groups excluding carboxylic acids is 7. The maximum absolute atomic E-state index is 12.6. The summed E-state index contributed by atoms with van der Waals surface area (Å²) in [6, 6.07) is 0. The number of unbranched alkanes of at least 4 members (excludes halogenated alkanes) is 9. The van der Waals surface area contributed by atoms with Crippen LogP contribution in [0.4, 0.5) is 0 Å². The van der Waals surface area contributed by atoms with Gasteiger partial charge >= 0.3 is 41.8 Å². The number of rotatable bonds is 24. The highest BCUT2D eigenvalue weighted by molar-refractivity contribution is 9.09. The van der Waals surface area contributed by atoms with Gasteiger partial charge in [0.05, 0.1) is 0 Å². The summed E-state index contributed by atoms with van der Waals surface area (Å²) in [6.07, 6.45) is -4.32. The third-order valence-corrected chi connectivity index (χ3v) is 9.26. The summed E-state index contributed by atoms with van der Waals surface area (Å²) in [5.41, 5.74) is 0. The van der Waals surface area contributed by atoms with E-state index in [1.807, 2.05) is 0 Å². The lowest BCUT2D eigenvalue weighted by molar-refractivity contribution is -0.361. The molecule has 57 heavy (non-hydrogen) atoms. The quantitative estimate of drug-likeness (QED) is 0.0580. The largest absolute Gasteiger partial charge is 0.463 e. The van der Waals surface area contributed by atoms with Gasteiger partial charge in [0, 0.05) is 60.4 Å². The third kappa shape index (κ3) is 18.8. The first-order valence-electron chi connectivity index (χ1n) is 19.3. The highest BCUT2D eigenvalue weighted by Gasteiger charge is 2.57. The standard InChI is InChI=1S/C38H59BrO18/c1-22(40)48-20-29-31(50-24(3)42)33(51-25(4)43)36(54-28(7)46)38(56-29)57-32-30(21-49-23(2)41)55-37(35(53-27(6)45)34(32)52-26(5)44)47-19-17-15-13-11-9-8-10-12-14-16-18-39/h29-38H,8-21H2,1-7H3/t29-,30-,31+,32-,33+,34+,35-,36-,37-,38+/m1/s1. The van der Waals surface area contributed by atoms with Crippen molar-refractivity contribution in [2.24, 2.45) is 0 Å². The predicted octanol–water partition coefficient (Wildman–Crippen LogP) is 3.92. The summed E-state index contributed by atoms with van der Waals surface area (Å²) in [5, 5.41) is 1.03. The van der Waals surface area contributed by atoms with Crippen LogP contribution in [0, 0.1) is 0 Å². The molecule has 0 aliphatic carbocycles. The molecule has 0 spiro atoms. The molecule has 0 aromatic carbocycles. The van der Waals surface area contributed by atoms with E-state index in [-0.39, 0.29) is 6.61 Å². The molecule has 2 fully saturated rings. The van der Waals surface area contributed by atoms with Crippen LogP contribution < -0.4 is 0 Å². The van der Waals surface area contributed by atoms with Crippen molar-refractivity contribution >= 4 is 57.7 Å². The smallest absolute Gasteiger partial charge is 0.303 e. The molecule has 0 saturated carbocycles. The molecule has 0 unspecified atom stereocenters. The lowest BCUT2D eigenvalue weighted by Gasteiger charge is -2.48. The molecule has 0 bridgehead atoms. The molecule has 19 heteroatoms. The Kier molecular flexibility index (Phi) is 23.2. The van der Waals surface area contributed by atoms with E-state index in [0.29, 0.717) is 6.42 Å². The fraction of sp³-hybridized carbons (Fsp3) is 0.816. The Morgan fingerprint density at radius 2 is 0.772 bits per heavy atom. The zero-order chi connectivity index (χ0) is 42.5. The van der Waals surface area contributed by atoms with Crippen LogP contribution in [0.2, 0.25) is 0 Å². The molecule has 2 aliphatic rings. The average molecular weight is 884 g/mol. The van der Waals surface area contributed by atoms with Gasteiger partial charge in [0.1, 0.15) is 31.5 Å². The monoisotopic (exact) mass is 882 g/mol. The fourth-order valence-electron chi connectivity index (χ4n) is 6.42. The number of hydrogen-bond donors (Lipinski definition) is 0. The van der Waals surface area contributed by atoms with Crippen molar-refractivity contribution in [2.75, 3.05) is 25.2 Å². The van der Waals surface area contributed by atoms with Crippen molar-refractivity contribution < 1.29 is 85.7 Å². The summed E-state index contributed by atoms with van der Waals surface area (Å²) in [4.78, 5) is 86.0. The second-order valence-corrected chi connectivity index (χ2v) is 14.6. The molecule has 2 rings (SSSR count). The van der Waals surface area contributed by atoms with Gasteiger partial charge in [0.25, 0.3) is 0 Å². The minimum Gasteiger partial charge on any atom is -0.463 e. The van der Waals surface area contributed by atoms with E-state index in [1.54, 1.807) is 0 Å². The Bertz CT molecular complexity index is 1310. The summed E-state index contributed by atoms with van der Waals surface area (Å²) in [5.74, 6) is -5.66. The van der Waals surface area contributed by atoms with Gasteiger partial charge in [-0.2, -0.15) is 0 Å². The number of carbonyl (C=O) groups is 7. The molecular weight excluding hydrogens is 824 g/mol. The SMILES string of the molecule is CC(=O)OC[C@H]1O[C@@H](O[C@H]2[C@H](OC(C)=O)[C@@H](OC(C)=O)[C@H](OCCCCCCCCCCCCBr)O[C@@H]2COC(C)=O)[C@H](OC(C)=O)[C@@H](OC(C)=O)[C@H]1OC(C)=O. The first-order valence-corrected chi connectivity index (χ1v) is 20.4. The van der Waals surface area contributed by atoms with E-state index in [1.165, 1.54) is 32.1 Å². The molecule has 0 aromatic heterocycles. The molecule has 0 N–H and O–H groups in total. The average Bonchev–Trinajstić information content (AvgIpc) is 3.10. The summed E-state index contributed by atoms with van der Waals surface area (Å²) in [6.45, 7) is 6.82. The highest BCUT2D eigenvalue weighted by Crippen LogP contribution is 2.35. The minimum absolute atomic E-state index is 0.174. The Hall–Kier alpha value is -3.39. The van der Waals surface area contributed by atoms with Crippen molar-refractivity contribution in [3.63, 3.8) is 0 Å². The first-order chi connectivity index (χ1) is 27.0. The van der Waals surface area contributed by atoms with Crippen molar-refractivity contribution in [1.29, 1.82) is 0 Å². The van der Waals surface area contributed by atoms with Gasteiger partial charge in [0.2, 0.25) is 0 Å². The van der Waals surface area contributed by atoms with Crippen molar-refractivity contribution in [3.05, 3.63) is 0 Å². The summed E-state index contributed by atoms with van der Waals surface area (Å²) >= 11 is 3.46. The van der Waals surface area contributed by atoms with Gasteiger partial charge in [0.15, 0.2) is 43.1 Å². The van der Waals surface area contributed by atoms with Gasteiger partial charge in [-0.15, -0.1) is 0 Å². The fourth-order valence-corrected chi connectivity index (χ4v) is 6.81. The van der Waals surface area contributed by atoms with E-state index in [2.05, 4.69) is 15.9 Å². The molecule has 326 valence electrons. The maximum atomic E-state index is 12.6. The number of ether oxygens (including phenoxy) is 11. The van der Waals surface area contributed by atoms with E-state index >= 15 is 0 Å². The Morgan fingerprint density at radius 3 is 1.21 bits per heavy atom. The van der Waals surface area contributed by atoms with Crippen LogP contribution in [0.5, 0.6) is 0 Å². The molecule has 18 nitrogen and oxygen atoms in total. The maximum Gasteiger partial charge on any atom is 0.303 e. The van der Waals surface area contributed by atoms with Crippen LogP contribution in [0.15, 0.2) is 0 Å². The van der Waals surface area contributed by atoms with E-state index in [9.17, 15) is 33.6 Å². The van der Waals surface area contributed by atoms with Gasteiger partial charge in [-0.1, -0.05) is 67.3 Å². The second-order valence-electron chi connectivity index (χ2n) is 13.8. The van der Waals surface area contributed by atoms with Crippen molar-refractivity contribution in [1.82, 2.24) is 0 Å². The number of alkyl halides is 1. The molecule has 2 heterocycles. The van der Waals surface area contributed by atoms with Crippen LogP contribution in [0.25, 0.3) is 0 Å². The zero-order valence-electron chi connectivity index (χ0n) is 33.9. The molecule has 2 aliphatic heterocycles. The minimum atomic E-state index is -1.76.